The van der Waals surface area contributed by atoms with Crippen molar-refractivity contribution in [2.24, 2.45) is 0 Å². The molecule has 4 heteroatoms. The average molecular weight is 165 g/mol. The highest BCUT2D eigenvalue weighted by atomic mass is 31.1. The molecule has 10 heavy (non-hydrogen) atoms. The molecule has 0 aliphatic carbocycles. The summed E-state index contributed by atoms with van der Waals surface area (Å²) in [6, 6.07) is 0. The van der Waals surface area contributed by atoms with Gasteiger partial charge in [0.1, 0.15) is 0 Å². The summed E-state index contributed by atoms with van der Waals surface area (Å²) in [6.07, 6.45) is 0.879. The maximum Gasteiger partial charge on any atom is 0.369 e. The Morgan fingerprint density at radius 1 is 1.50 bits per heavy atom. The lowest BCUT2D eigenvalue weighted by Crippen LogP contribution is -2.00. The molecule has 0 saturated heterocycles. The molecule has 1 radical (unpaired) electrons. The summed E-state index contributed by atoms with van der Waals surface area (Å²) in [4.78, 5) is 0. The van der Waals surface area contributed by atoms with Crippen molar-refractivity contribution in [3.05, 3.63) is 0 Å². The Morgan fingerprint density at radius 2 is 2.10 bits per heavy atom. The third-order valence-electron chi connectivity index (χ3n) is 1.08. The van der Waals surface area contributed by atoms with Crippen LogP contribution in [0.5, 0.6) is 0 Å². The van der Waals surface area contributed by atoms with Crippen LogP contribution in [0.4, 0.5) is 0 Å². The molecule has 0 bridgehead atoms. The van der Waals surface area contributed by atoms with E-state index in [1.54, 1.807) is 6.92 Å². The molecule has 2 atom stereocenters. The van der Waals surface area contributed by atoms with E-state index in [9.17, 15) is 4.57 Å². The molecule has 0 saturated carbocycles. The van der Waals surface area contributed by atoms with Gasteiger partial charge in [0.2, 0.25) is 0 Å². The third-order valence-corrected chi connectivity index (χ3v) is 2.08. The van der Waals surface area contributed by atoms with Crippen LogP contribution in [0, 0.1) is 0 Å². The van der Waals surface area contributed by atoms with Gasteiger partial charge in [0.05, 0.1) is 12.7 Å². The molecule has 0 aliphatic heterocycles. The SMILES string of the molecule is CCO[P](=O)O[C@@H](C)CC. The van der Waals surface area contributed by atoms with Crippen molar-refractivity contribution in [1.29, 1.82) is 0 Å². The number of rotatable bonds is 5. The fourth-order valence-electron chi connectivity index (χ4n) is 0.357. The summed E-state index contributed by atoms with van der Waals surface area (Å²) < 4.78 is 20.3. The first-order chi connectivity index (χ1) is 4.70. The molecule has 61 valence electrons. The molecule has 0 fully saturated rings. The van der Waals surface area contributed by atoms with Gasteiger partial charge >= 0.3 is 8.25 Å². The fourth-order valence-corrected chi connectivity index (χ4v) is 1.07. The molecule has 0 amide bonds. The van der Waals surface area contributed by atoms with Crippen LogP contribution in [0.1, 0.15) is 27.2 Å². The van der Waals surface area contributed by atoms with Gasteiger partial charge in [-0.25, -0.2) is 4.57 Å². The van der Waals surface area contributed by atoms with Gasteiger partial charge in [-0.05, 0) is 20.3 Å². The predicted molar refractivity (Wildman–Crippen MR) is 40.1 cm³/mol. The summed E-state index contributed by atoms with van der Waals surface area (Å²) in [5, 5.41) is 0. The highest BCUT2D eigenvalue weighted by Crippen LogP contribution is 2.26. The molecule has 0 aromatic rings. The van der Waals surface area contributed by atoms with Gasteiger partial charge in [-0.1, -0.05) is 6.92 Å². The van der Waals surface area contributed by atoms with E-state index in [0.717, 1.165) is 6.42 Å². The smallest absolute Gasteiger partial charge is 0.283 e. The van der Waals surface area contributed by atoms with Crippen LogP contribution in [0.15, 0.2) is 0 Å². The van der Waals surface area contributed by atoms with E-state index in [0.29, 0.717) is 6.61 Å². The standard InChI is InChI=1S/C6H14O3P/c1-4-6(3)9-10(7)8-5-2/h6H,4-5H2,1-3H3/t6-/m0/s1. The Balaban J connectivity index is 3.37. The monoisotopic (exact) mass is 165 g/mol. The van der Waals surface area contributed by atoms with Crippen LogP contribution in [-0.2, 0) is 13.6 Å². The summed E-state index contributed by atoms with van der Waals surface area (Å²) in [7, 11) is -1.88. The first-order valence-corrected chi connectivity index (χ1v) is 4.57. The second-order valence-corrected chi connectivity index (χ2v) is 2.88. The van der Waals surface area contributed by atoms with E-state index in [1.807, 2.05) is 13.8 Å². The van der Waals surface area contributed by atoms with Crippen molar-refractivity contribution in [1.82, 2.24) is 0 Å². The lowest BCUT2D eigenvalue weighted by atomic mass is 10.3. The Morgan fingerprint density at radius 3 is 2.50 bits per heavy atom. The zero-order valence-electron chi connectivity index (χ0n) is 6.66. The Bertz CT molecular complexity index is 105. The van der Waals surface area contributed by atoms with Crippen molar-refractivity contribution in [3.63, 3.8) is 0 Å². The number of hydrogen-bond donors (Lipinski definition) is 0. The Kier molecular flexibility index (Phi) is 5.79. The predicted octanol–water partition coefficient (Wildman–Crippen LogP) is 2.50. The quantitative estimate of drug-likeness (QED) is 0.587. The zero-order valence-corrected chi connectivity index (χ0v) is 7.56. The van der Waals surface area contributed by atoms with Gasteiger partial charge in [-0.3, -0.25) is 9.05 Å². The molecule has 1 unspecified atom stereocenters. The Hall–Kier alpha value is 0.0200. The van der Waals surface area contributed by atoms with Crippen molar-refractivity contribution in [3.8, 4) is 0 Å². The lowest BCUT2D eigenvalue weighted by molar-refractivity contribution is 0.177. The normalized spacial score (nSPS) is 14.9. The molecule has 3 nitrogen and oxygen atoms in total. The van der Waals surface area contributed by atoms with E-state index in [4.69, 9.17) is 9.05 Å². The molecule has 0 spiro atoms. The Labute approximate surface area is 62.7 Å². The van der Waals surface area contributed by atoms with E-state index in [-0.39, 0.29) is 6.10 Å². The second-order valence-electron chi connectivity index (χ2n) is 1.97. The molecule has 0 heterocycles. The highest BCUT2D eigenvalue weighted by molar-refractivity contribution is 7.33. The number of hydrogen-bond acceptors (Lipinski definition) is 3. The summed E-state index contributed by atoms with van der Waals surface area (Å²) in [5.41, 5.74) is 0. The van der Waals surface area contributed by atoms with Gasteiger partial charge in [-0.15, -0.1) is 0 Å². The van der Waals surface area contributed by atoms with E-state index >= 15 is 0 Å². The molecule has 0 N–H and O–H groups in total. The third kappa shape index (κ3) is 4.86. The maximum atomic E-state index is 10.7. The van der Waals surface area contributed by atoms with Gasteiger partial charge in [0.25, 0.3) is 0 Å². The summed E-state index contributed by atoms with van der Waals surface area (Å²) in [6.45, 7) is 6.06. The molecule has 0 aromatic carbocycles. The zero-order chi connectivity index (χ0) is 7.98. The van der Waals surface area contributed by atoms with E-state index in [1.165, 1.54) is 0 Å². The summed E-state index contributed by atoms with van der Waals surface area (Å²) >= 11 is 0. The average Bonchev–Trinajstić information content (AvgIpc) is 1.88. The minimum Gasteiger partial charge on any atom is -0.283 e. The van der Waals surface area contributed by atoms with Crippen LogP contribution < -0.4 is 0 Å². The molecule has 0 aliphatic rings. The topological polar surface area (TPSA) is 35.5 Å². The largest absolute Gasteiger partial charge is 0.369 e. The van der Waals surface area contributed by atoms with Crippen LogP contribution >= 0.6 is 8.25 Å². The van der Waals surface area contributed by atoms with Gasteiger partial charge in [-0.2, -0.15) is 0 Å². The second kappa shape index (κ2) is 5.78. The molecule has 0 rings (SSSR count). The highest BCUT2D eigenvalue weighted by Gasteiger charge is 2.05. The summed E-state index contributed by atoms with van der Waals surface area (Å²) in [5.74, 6) is 0. The first-order valence-electron chi connectivity index (χ1n) is 3.47. The van der Waals surface area contributed by atoms with E-state index in [2.05, 4.69) is 0 Å². The van der Waals surface area contributed by atoms with Crippen molar-refractivity contribution in [2.75, 3.05) is 6.61 Å². The van der Waals surface area contributed by atoms with Crippen molar-refractivity contribution >= 4 is 8.25 Å². The maximum absolute atomic E-state index is 10.7. The minimum absolute atomic E-state index is 0.0233. The molecular formula is C6H14O3P. The molecular weight excluding hydrogens is 151 g/mol. The lowest BCUT2D eigenvalue weighted by Gasteiger charge is -2.06. The molecule has 0 aromatic heterocycles. The van der Waals surface area contributed by atoms with Crippen molar-refractivity contribution in [2.45, 2.75) is 33.3 Å². The van der Waals surface area contributed by atoms with Crippen molar-refractivity contribution < 1.29 is 13.6 Å². The van der Waals surface area contributed by atoms with Crippen LogP contribution in [0.2, 0.25) is 0 Å². The van der Waals surface area contributed by atoms with Crippen LogP contribution in [0.3, 0.4) is 0 Å². The minimum atomic E-state index is -1.88. The van der Waals surface area contributed by atoms with E-state index < -0.39 is 8.25 Å². The van der Waals surface area contributed by atoms with Gasteiger partial charge < -0.3 is 0 Å². The van der Waals surface area contributed by atoms with Gasteiger partial charge in [0, 0.05) is 0 Å². The van der Waals surface area contributed by atoms with Crippen LogP contribution in [0.25, 0.3) is 0 Å². The fraction of sp³-hybridized carbons (Fsp3) is 1.00. The first kappa shape index (κ1) is 10.0. The van der Waals surface area contributed by atoms with Crippen LogP contribution in [-0.4, -0.2) is 12.7 Å². The van der Waals surface area contributed by atoms with Gasteiger partial charge in [0.15, 0.2) is 0 Å².